The van der Waals surface area contributed by atoms with Gasteiger partial charge in [-0.2, -0.15) is 0 Å². The molecule has 3 rings (SSSR count). The predicted octanol–water partition coefficient (Wildman–Crippen LogP) is 4.58. The van der Waals surface area contributed by atoms with Gasteiger partial charge in [0.2, 0.25) is 0 Å². The molecule has 4 heteroatoms. The van der Waals surface area contributed by atoms with Crippen LogP contribution in [-0.4, -0.2) is 15.0 Å². The van der Waals surface area contributed by atoms with Crippen molar-refractivity contribution in [3.8, 4) is 11.4 Å². The fraction of sp³-hybridized carbons (Fsp3) is 0.250. The average molecular weight is 286 g/mol. The minimum atomic E-state index is -0.0178. The molecule has 0 aliphatic heterocycles. The normalized spacial score (nSPS) is 12.0. The fourth-order valence-corrected chi connectivity index (χ4v) is 2.35. The summed E-state index contributed by atoms with van der Waals surface area (Å²) in [5.41, 5.74) is 3.71. The van der Waals surface area contributed by atoms with Crippen molar-refractivity contribution in [2.45, 2.75) is 26.2 Å². The Bertz CT molecular complexity index is 736. The molecule has 2 aromatic heterocycles. The molecule has 20 heavy (non-hydrogen) atoms. The first-order chi connectivity index (χ1) is 9.45. The van der Waals surface area contributed by atoms with Crippen molar-refractivity contribution in [3.05, 3.63) is 47.2 Å². The van der Waals surface area contributed by atoms with Gasteiger partial charge in [0.15, 0.2) is 0 Å². The molecule has 0 saturated heterocycles. The van der Waals surface area contributed by atoms with Crippen molar-refractivity contribution in [2.24, 2.45) is 0 Å². The molecule has 0 amide bonds. The lowest BCUT2D eigenvalue weighted by Gasteiger charge is -2.18. The smallest absolute Gasteiger partial charge is 0.141 e. The van der Waals surface area contributed by atoms with E-state index in [2.05, 4.69) is 35.7 Å². The number of pyridine rings is 1. The summed E-state index contributed by atoms with van der Waals surface area (Å²) >= 11 is 6.33. The highest BCUT2D eigenvalue weighted by molar-refractivity contribution is 6.32. The highest BCUT2D eigenvalue weighted by Gasteiger charge is 2.18. The zero-order valence-electron chi connectivity index (χ0n) is 11.7. The zero-order chi connectivity index (χ0) is 14.3. The Hall–Kier alpha value is -1.87. The predicted molar refractivity (Wildman–Crippen MR) is 83.0 cm³/mol. The molecule has 0 fully saturated rings. The van der Waals surface area contributed by atoms with Gasteiger partial charge in [0.25, 0.3) is 0 Å². The number of H-pyrrole nitrogens is 1. The highest BCUT2D eigenvalue weighted by Crippen LogP contribution is 2.29. The van der Waals surface area contributed by atoms with Crippen molar-refractivity contribution < 1.29 is 0 Å². The van der Waals surface area contributed by atoms with Crippen LogP contribution in [0, 0.1) is 0 Å². The second-order valence-electron chi connectivity index (χ2n) is 5.89. The van der Waals surface area contributed by atoms with E-state index >= 15 is 0 Å². The lowest BCUT2D eigenvalue weighted by molar-refractivity contribution is 0.569. The van der Waals surface area contributed by atoms with Gasteiger partial charge in [-0.05, 0) is 24.3 Å². The number of benzene rings is 1. The third-order valence-corrected chi connectivity index (χ3v) is 3.55. The summed E-state index contributed by atoms with van der Waals surface area (Å²) in [5, 5.41) is 0.483. The fourth-order valence-electron chi connectivity index (χ4n) is 2.11. The van der Waals surface area contributed by atoms with E-state index in [-0.39, 0.29) is 5.41 Å². The van der Waals surface area contributed by atoms with Crippen LogP contribution in [0.25, 0.3) is 22.4 Å². The summed E-state index contributed by atoms with van der Waals surface area (Å²) in [7, 11) is 0. The molecule has 0 unspecified atom stereocenters. The molecule has 3 nitrogen and oxygen atoms in total. The Morgan fingerprint density at radius 3 is 2.40 bits per heavy atom. The molecular formula is C16H16ClN3. The number of aromatic nitrogens is 3. The van der Waals surface area contributed by atoms with E-state index in [1.54, 1.807) is 0 Å². The molecule has 0 radical (unpaired) electrons. The van der Waals surface area contributed by atoms with Gasteiger partial charge < -0.3 is 4.98 Å². The van der Waals surface area contributed by atoms with Crippen LogP contribution in [0.4, 0.5) is 0 Å². The Morgan fingerprint density at radius 2 is 1.75 bits per heavy atom. The minimum Gasteiger partial charge on any atom is -0.338 e. The molecule has 0 saturated carbocycles. The molecule has 0 atom stereocenters. The lowest BCUT2D eigenvalue weighted by Crippen LogP contribution is -2.13. The van der Waals surface area contributed by atoms with E-state index in [0.29, 0.717) is 5.15 Å². The van der Waals surface area contributed by atoms with E-state index in [1.165, 1.54) is 0 Å². The van der Waals surface area contributed by atoms with E-state index in [4.69, 9.17) is 11.6 Å². The van der Waals surface area contributed by atoms with Crippen molar-refractivity contribution in [2.75, 3.05) is 0 Å². The lowest BCUT2D eigenvalue weighted by atomic mass is 9.91. The molecule has 1 N–H and O–H groups in total. The van der Waals surface area contributed by atoms with Crippen LogP contribution >= 0.6 is 11.6 Å². The van der Waals surface area contributed by atoms with Gasteiger partial charge in [0.1, 0.15) is 11.0 Å². The summed E-state index contributed by atoms with van der Waals surface area (Å²) in [6, 6.07) is 11.9. The largest absolute Gasteiger partial charge is 0.338 e. The SMILES string of the molecule is CC(C)(C)c1ccc(-c2nc3ccccc3[nH]2)c(Cl)n1. The van der Waals surface area contributed by atoms with Gasteiger partial charge in [-0.3, -0.25) is 0 Å². The molecule has 1 aromatic carbocycles. The number of nitrogens with one attached hydrogen (secondary N) is 1. The summed E-state index contributed by atoms with van der Waals surface area (Å²) in [4.78, 5) is 12.3. The number of nitrogens with zero attached hydrogens (tertiary/aromatic N) is 2. The second kappa shape index (κ2) is 4.60. The van der Waals surface area contributed by atoms with Gasteiger partial charge in [-0.15, -0.1) is 0 Å². The third kappa shape index (κ3) is 2.29. The average Bonchev–Trinajstić information content (AvgIpc) is 2.80. The van der Waals surface area contributed by atoms with Crippen molar-refractivity contribution in [3.63, 3.8) is 0 Å². The van der Waals surface area contributed by atoms with Crippen molar-refractivity contribution in [1.29, 1.82) is 0 Å². The van der Waals surface area contributed by atoms with Crippen LogP contribution in [0.15, 0.2) is 36.4 Å². The molecule has 3 aromatic rings. The van der Waals surface area contributed by atoms with E-state index in [9.17, 15) is 0 Å². The molecule has 0 aliphatic rings. The maximum Gasteiger partial charge on any atom is 0.141 e. The molecule has 0 spiro atoms. The Balaban J connectivity index is 2.10. The van der Waals surface area contributed by atoms with Gasteiger partial charge in [-0.25, -0.2) is 9.97 Å². The maximum absolute atomic E-state index is 6.33. The first kappa shape index (κ1) is 13.1. The standard InChI is InChI=1S/C16H16ClN3/c1-16(2,3)13-9-8-10(14(17)20-13)15-18-11-6-4-5-7-12(11)19-15/h4-9H,1-3H3,(H,18,19). The van der Waals surface area contributed by atoms with Crippen LogP contribution in [0.5, 0.6) is 0 Å². The number of aromatic amines is 1. The molecule has 2 heterocycles. The molecule has 0 bridgehead atoms. The van der Waals surface area contributed by atoms with E-state index in [1.807, 2.05) is 36.4 Å². The number of hydrogen-bond acceptors (Lipinski definition) is 2. The van der Waals surface area contributed by atoms with Crippen molar-refractivity contribution in [1.82, 2.24) is 15.0 Å². The molecule has 102 valence electrons. The summed E-state index contributed by atoms with van der Waals surface area (Å²) < 4.78 is 0. The molecular weight excluding hydrogens is 270 g/mol. The number of fused-ring (bicyclic) bond motifs is 1. The van der Waals surface area contributed by atoms with Crippen LogP contribution in [0.2, 0.25) is 5.15 Å². The Labute approximate surface area is 123 Å². The number of para-hydroxylation sites is 2. The number of rotatable bonds is 1. The van der Waals surface area contributed by atoms with Gasteiger partial charge in [0, 0.05) is 11.1 Å². The Morgan fingerprint density at radius 1 is 1.00 bits per heavy atom. The second-order valence-corrected chi connectivity index (χ2v) is 6.25. The van der Waals surface area contributed by atoms with Crippen LogP contribution < -0.4 is 0 Å². The quantitative estimate of drug-likeness (QED) is 0.665. The van der Waals surface area contributed by atoms with Crippen LogP contribution in [0.1, 0.15) is 26.5 Å². The van der Waals surface area contributed by atoms with Gasteiger partial charge in [0.05, 0.1) is 16.6 Å². The monoisotopic (exact) mass is 285 g/mol. The van der Waals surface area contributed by atoms with Crippen molar-refractivity contribution >= 4 is 22.6 Å². The third-order valence-electron chi connectivity index (χ3n) is 3.26. The topological polar surface area (TPSA) is 41.6 Å². The van der Waals surface area contributed by atoms with E-state index in [0.717, 1.165) is 28.1 Å². The van der Waals surface area contributed by atoms with Crippen LogP contribution in [-0.2, 0) is 5.41 Å². The van der Waals surface area contributed by atoms with E-state index < -0.39 is 0 Å². The summed E-state index contributed by atoms with van der Waals surface area (Å²) in [5.74, 6) is 0.754. The van der Waals surface area contributed by atoms with Gasteiger partial charge >= 0.3 is 0 Å². The van der Waals surface area contributed by atoms with Gasteiger partial charge in [-0.1, -0.05) is 44.5 Å². The Kier molecular flexibility index (Phi) is 3.02. The minimum absolute atomic E-state index is 0.0178. The highest BCUT2D eigenvalue weighted by atomic mass is 35.5. The zero-order valence-corrected chi connectivity index (χ0v) is 12.5. The number of hydrogen-bond donors (Lipinski definition) is 1. The number of imidazole rings is 1. The summed E-state index contributed by atoms with van der Waals surface area (Å²) in [6.07, 6.45) is 0. The maximum atomic E-state index is 6.33. The summed E-state index contributed by atoms with van der Waals surface area (Å²) in [6.45, 7) is 6.35. The van der Waals surface area contributed by atoms with Crippen LogP contribution in [0.3, 0.4) is 0 Å². The first-order valence-electron chi connectivity index (χ1n) is 6.57. The molecule has 0 aliphatic carbocycles. The number of halogens is 1. The first-order valence-corrected chi connectivity index (χ1v) is 6.95.